The molecule has 39 heavy (non-hydrogen) atoms. The highest BCUT2D eigenvalue weighted by atomic mass is 19.4. The first-order valence-electron chi connectivity index (χ1n) is 12.9. The second-order valence-corrected chi connectivity index (χ2v) is 10.6. The number of halogens is 3. The van der Waals surface area contributed by atoms with E-state index in [9.17, 15) is 22.8 Å². The van der Waals surface area contributed by atoms with Crippen LogP contribution in [-0.2, 0) is 24.6 Å². The number of hydrogen-bond acceptors (Lipinski definition) is 5. The van der Waals surface area contributed by atoms with Crippen molar-refractivity contribution in [3.63, 3.8) is 0 Å². The minimum atomic E-state index is -4.68. The number of nitrogens with zero attached hydrogens (tertiary/aromatic N) is 6. The number of hydrazine groups is 1. The van der Waals surface area contributed by atoms with Gasteiger partial charge in [-0.2, -0.15) is 13.2 Å². The van der Waals surface area contributed by atoms with Crippen LogP contribution in [0.4, 0.5) is 13.2 Å². The number of imidazole rings is 1. The van der Waals surface area contributed by atoms with Gasteiger partial charge in [0.1, 0.15) is 12.2 Å². The molecule has 6 rings (SSSR count). The Bertz CT molecular complexity index is 1620. The van der Waals surface area contributed by atoms with Crippen molar-refractivity contribution < 1.29 is 18.0 Å². The van der Waals surface area contributed by atoms with Gasteiger partial charge >= 0.3 is 11.9 Å². The molecule has 12 heteroatoms. The molecule has 0 unspecified atom stereocenters. The summed E-state index contributed by atoms with van der Waals surface area (Å²) in [5, 5.41) is 9.96. The van der Waals surface area contributed by atoms with Crippen LogP contribution >= 0.6 is 0 Å². The molecule has 3 aromatic heterocycles. The fraction of sp³-hybridized carbons (Fsp3) is 0.407. The minimum Gasteiger partial charge on any atom is -0.320 e. The highest BCUT2D eigenvalue weighted by Crippen LogP contribution is 2.43. The van der Waals surface area contributed by atoms with E-state index in [1.165, 1.54) is 17.0 Å². The van der Waals surface area contributed by atoms with Gasteiger partial charge in [0.2, 0.25) is 5.91 Å². The third-order valence-electron chi connectivity index (χ3n) is 7.92. The highest BCUT2D eigenvalue weighted by Gasteiger charge is 2.36. The van der Waals surface area contributed by atoms with Crippen molar-refractivity contribution in [2.24, 2.45) is 13.0 Å². The van der Waals surface area contributed by atoms with Crippen LogP contribution in [0.15, 0.2) is 53.8 Å². The number of pyridine rings is 1. The molecule has 9 nitrogen and oxygen atoms in total. The van der Waals surface area contributed by atoms with Crippen LogP contribution in [0, 0.1) is 5.92 Å². The van der Waals surface area contributed by atoms with E-state index in [1.54, 1.807) is 17.4 Å². The zero-order chi connectivity index (χ0) is 27.5. The number of carbonyl (C=O) groups excluding carboxylic acids is 1. The summed E-state index contributed by atoms with van der Waals surface area (Å²) in [7, 11) is 1.89. The van der Waals surface area contributed by atoms with Gasteiger partial charge in [-0.25, -0.2) is 9.80 Å². The van der Waals surface area contributed by atoms with Crippen molar-refractivity contribution >= 4 is 11.4 Å². The lowest BCUT2D eigenvalue weighted by Crippen LogP contribution is -2.36. The molecular formula is C27H28F3N7O2. The van der Waals surface area contributed by atoms with Crippen LogP contribution in [0.2, 0.25) is 0 Å². The third kappa shape index (κ3) is 4.52. The maximum absolute atomic E-state index is 14.2. The normalized spacial score (nSPS) is 19.4. The van der Waals surface area contributed by atoms with Gasteiger partial charge in [0.05, 0.1) is 16.8 Å². The van der Waals surface area contributed by atoms with Crippen molar-refractivity contribution in [1.29, 1.82) is 0 Å². The van der Waals surface area contributed by atoms with E-state index in [1.807, 2.05) is 36.7 Å². The predicted octanol–water partition coefficient (Wildman–Crippen LogP) is 3.79. The Kier molecular flexibility index (Phi) is 6.09. The molecule has 2 aliphatic rings. The first-order valence-corrected chi connectivity index (χ1v) is 12.9. The Balaban J connectivity index is 1.44. The summed E-state index contributed by atoms with van der Waals surface area (Å²) in [6, 6.07) is 8.22. The molecule has 2 atom stereocenters. The summed E-state index contributed by atoms with van der Waals surface area (Å²) in [5.41, 5.74) is 2.60. The van der Waals surface area contributed by atoms with E-state index in [-0.39, 0.29) is 41.9 Å². The molecule has 4 heterocycles. The quantitative estimate of drug-likeness (QED) is 0.403. The van der Waals surface area contributed by atoms with Gasteiger partial charge in [0, 0.05) is 44.4 Å². The first-order chi connectivity index (χ1) is 18.6. The van der Waals surface area contributed by atoms with Gasteiger partial charge in [-0.3, -0.25) is 19.2 Å². The van der Waals surface area contributed by atoms with Gasteiger partial charge in [-0.1, -0.05) is 18.6 Å². The number of nitrogens with one attached hydrogen (secondary N) is 1. The number of rotatable bonds is 6. The van der Waals surface area contributed by atoms with Crippen molar-refractivity contribution in [3.8, 4) is 5.69 Å². The van der Waals surface area contributed by atoms with Gasteiger partial charge in [0.15, 0.2) is 0 Å². The van der Waals surface area contributed by atoms with E-state index < -0.39 is 17.4 Å². The van der Waals surface area contributed by atoms with Crippen LogP contribution in [-0.4, -0.2) is 40.7 Å². The predicted molar refractivity (Wildman–Crippen MR) is 136 cm³/mol. The zero-order valence-electron chi connectivity index (χ0n) is 21.5. The lowest BCUT2D eigenvalue weighted by atomic mass is 9.72. The molecule has 2 fully saturated rings. The summed E-state index contributed by atoms with van der Waals surface area (Å²) < 4.78 is 46.7. The number of aryl methyl sites for hydroxylation is 1. The molecule has 1 saturated heterocycles. The molecule has 1 aromatic carbocycles. The summed E-state index contributed by atoms with van der Waals surface area (Å²) >= 11 is 0. The van der Waals surface area contributed by atoms with E-state index in [4.69, 9.17) is 0 Å². The Morgan fingerprint density at radius 1 is 1.15 bits per heavy atom. The van der Waals surface area contributed by atoms with Crippen molar-refractivity contribution in [1.82, 2.24) is 34.2 Å². The number of amides is 1. The topological polar surface area (TPSA) is 89.5 Å². The Hall–Kier alpha value is -3.93. The second-order valence-electron chi connectivity index (χ2n) is 10.6. The van der Waals surface area contributed by atoms with Gasteiger partial charge in [-0.05, 0) is 55.0 Å². The molecule has 1 aliphatic carbocycles. The maximum Gasteiger partial charge on any atom is 0.418 e. The number of carbonyl (C=O) groups is 1. The highest BCUT2D eigenvalue weighted by molar-refractivity contribution is 5.77. The fourth-order valence-electron chi connectivity index (χ4n) is 5.68. The number of benzene rings is 1. The monoisotopic (exact) mass is 539 g/mol. The molecule has 1 amide bonds. The Labute approximate surface area is 221 Å². The standard InChI is InChI=1S/C27H28F3N7O2/c1-16-9-23(38)33-37(16)13-17-10-21(27(28,29)30)22-14-35(26(39)36(22)12-17)20-8-4-7-19(11-20)24(18-5-3-6-18)25-32-31-15-34(25)2/h4,7-8,10-12,14-16,18,24H,3,5-6,9,13H2,1-2H3,(H,33,38)/t16-,24+/m0/s1. The molecule has 0 radical (unpaired) electrons. The minimum absolute atomic E-state index is 0.0334. The fourth-order valence-corrected chi connectivity index (χ4v) is 5.68. The lowest BCUT2D eigenvalue weighted by molar-refractivity contribution is -0.136. The van der Waals surface area contributed by atoms with Crippen molar-refractivity contribution in [2.45, 2.75) is 57.3 Å². The molecule has 1 saturated carbocycles. The molecular weight excluding hydrogens is 511 g/mol. The Morgan fingerprint density at radius 2 is 1.95 bits per heavy atom. The Morgan fingerprint density at radius 3 is 2.56 bits per heavy atom. The van der Waals surface area contributed by atoms with E-state index >= 15 is 0 Å². The average Bonchev–Trinajstić information content (AvgIpc) is 3.52. The largest absolute Gasteiger partial charge is 0.418 e. The van der Waals surface area contributed by atoms with E-state index in [0.29, 0.717) is 11.6 Å². The molecule has 4 aromatic rings. The zero-order valence-corrected chi connectivity index (χ0v) is 21.5. The SMILES string of the molecule is C[C@H]1CC(=O)NN1Cc1cc(C(F)(F)F)c2cn(-c3cccc([C@H](c4nncn4C)C4CCC4)c3)c(=O)n2c1. The van der Waals surface area contributed by atoms with Crippen molar-refractivity contribution in [2.75, 3.05) is 0 Å². The third-order valence-corrected chi connectivity index (χ3v) is 7.92. The van der Waals surface area contributed by atoms with Gasteiger partial charge in [-0.15, -0.1) is 10.2 Å². The van der Waals surface area contributed by atoms with Crippen LogP contribution in [0.3, 0.4) is 0 Å². The lowest BCUT2D eigenvalue weighted by Gasteiger charge is -2.33. The van der Waals surface area contributed by atoms with Crippen molar-refractivity contribution in [3.05, 3.63) is 82.1 Å². The van der Waals surface area contributed by atoms with Crippen LogP contribution < -0.4 is 11.1 Å². The second kappa shape index (κ2) is 9.37. The molecule has 0 spiro atoms. The summed E-state index contributed by atoms with van der Waals surface area (Å²) in [5.74, 6) is 0.970. The van der Waals surface area contributed by atoms with Crippen LogP contribution in [0.25, 0.3) is 11.2 Å². The molecule has 204 valence electrons. The molecule has 1 N–H and O–H groups in total. The number of hydrogen-bond donors (Lipinski definition) is 1. The van der Waals surface area contributed by atoms with Gasteiger partial charge in [0.25, 0.3) is 0 Å². The van der Waals surface area contributed by atoms with E-state index in [0.717, 1.165) is 41.1 Å². The van der Waals surface area contributed by atoms with Crippen LogP contribution in [0.5, 0.6) is 0 Å². The van der Waals surface area contributed by atoms with E-state index in [2.05, 4.69) is 15.6 Å². The number of aromatic nitrogens is 5. The van der Waals surface area contributed by atoms with Crippen LogP contribution in [0.1, 0.15) is 61.0 Å². The average molecular weight is 540 g/mol. The summed E-state index contributed by atoms with van der Waals surface area (Å²) in [6.45, 7) is 1.86. The summed E-state index contributed by atoms with van der Waals surface area (Å²) in [6.07, 6.45) is 3.12. The number of fused-ring (bicyclic) bond motifs is 1. The first kappa shape index (κ1) is 25.4. The summed E-state index contributed by atoms with van der Waals surface area (Å²) in [4.78, 5) is 25.3. The molecule has 1 aliphatic heterocycles. The smallest absolute Gasteiger partial charge is 0.320 e. The molecule has 0 bridgehead atoms. The van der Waals surface area contributed by atoms with Gasteiger partial charge < -0.3 is 4.57 Å². The number of alkyl halides is 3. The maximum atomic E-state index is 14.2.